The van der Waals surface area contributed by atoms with E-state index in [0.717, 1.165) is 0 Å². The molecule has 0 saturated carbocycles. The van der Waals surface area contributed by atoms with Crippen LogP contribution < -0.4 is 5.73 Å². The molecule has 0 aliphatic rings. The summed E-state index contributed by atoms with van der Waals surface area (Å²) in [6.45, 7) is 0.388. The van der Waals surface area contributed by atoms with Crippen LogP contribution in [0.15, 0.2) is 5.18 Å². The Morgan fingerprint density at radius 2 is 2.30 bits per heavy atom. The van der Waals surface area contributed by atoms with Crippen molar-refractivity contribution in [3.8, 4) is 0 Å². The molecule has 0 aromatic rings. The van der Waals surface area contributed by atoms with Gasteiger partial charge >= 0.3 is 5.97 Å². The minimum absolute atomic E-state index is 0.231. The quantitative estimate of drug-likeness (QED) is 0.531. The van der Waals surface area contributed by atoms with E-state index in [1.165, 1.54) is 0 Å². The van der Waals surface area contributed by atoms with E-state index in [9.17, 15) is 9.70 Å². The van der Waals surface area contributed by atoms with Gasteiger partial charge in [-0.1, -0.05) is 5.18 Å². The Balaban J connectivity index is 3.60. The van der Waals surface area contributed by atoms with Crippen LogP contribution in [0.2, 0.25) is 0 Å². The average molecular weight is 146 g/mol. The summed E-state index contributed by atoms with van der Waals surface area (Å²) >= 11 is 0. The van der Waals surface area contributed by atoms with Crippen molar-refractivity contribution in [3.05, 3.63) is 4.91 Å². The Hall–Kier alpha value is -0.970. The van der Waals surface area contributed by atoms with Crippen LogP contribution in [0.3, 0.4) is 0 Å². The predicted octanol–water partition coefficient (Wildman–Crippen LogP) is -0.0551. The summed E-state index contributed by atoms with van der Waals surface area (Å²) in [6.07, 6.45) is 0.748. The van der Waals surface area contributed by atoms with Crippen molar-refractivity contribution >= 4 is 5.97 Å². The van der Waals surface area contributed by atoms with Crippen LogP contribution in [-0.4, -0.2) is 23.7 Å². The molecule has 0 aliphatic carbocycles. The number of carboxylic acids is 1. The van der Waals surface area contributed by atoms with Crippen molar-refractivity contribution in [3.63, 3.8) is 0 Å². The lowest BCUT2D eigenvalue weighted by atomic mass is 10.2. The van der Waals surface area contributed by atoms with Crippen LogP contribution in [0.5, 0.6) is 0 Å². The van der Waals surface area contributed by atoms with Gasteiger partial charge in [0.1, 0.15) is 0 Å². The van der Waals surface area contributed by atoms with Gasteiger partial charge in [-0.15, -0.1) is 4.91 Å². The molecule has 0 heterocycles. The van der Waals surface area contributed by atoms with Crippen LogP contribution in [0.4, 0.5) is 0 Å². The molecule has 0 aliphatic heterocycles. The fraction of sp³-hybridized carbons (Fsp3) is 0.800. The van der Waals surface area contributed by atoms with Gasteiger partial charge in [0.15, 0.2) is 6.04 Å². The summed E-state index contributed by atoms with van der Waals surface area (Å²) in [7, 11) is 0. The van der Waals surface area contributed by atoms with Gasteiger partial charge in [-0.3, -0.25) is 0 Å². The Morgan fingerprint density at radius 1 is 1.70 bits per heavy atom. The van der Waals surface area contributed by atoms with E-state index in [-0.39, 0.29) is 6.42 Å². The molecule has 0 unspecified atom stereocenters. The van der Waals surface area contributed by atoms with E-state index in [0.29, 0.717) is 13.0 Å². The van der Waals surface area contributed by atoms with E-state index in [4.69, 9.17) is 10.8 Å². The minimum atomic E-state index is -1.18. The standard InChI is InChI=1S/C5H10N2O3/c6-3-1-2-4(7-10)5(8)9/h4H,1-3,6H2,(H,8,9)/t4-/m0/s1. The van der Waals surface area contributed by atoms with Gasteiger partial charge in [-0.25, -0.2) is 4.79 Å². The molecule has 0 aromatic heterocycles. The van der Waals surface area contributed by atoms with Crippen LogP contribution in [0.1, 0.15) is 12.8 Å². The molecule has 0 fully saturated rings. The fourth-order valence-corrected chi connectivity index (χ4v) is 0.532. The van der Waals surface area contributed by atoms with E-state index in [2.05, 4.69) is 5.18 Å². The van der Waals surface area contributed by atoms with Crippen molar-refractivity contribution in [1.82, 2.24) is 0 Å². The SMILES string of the molecule is NCCC[C@H](N=O)C(=O)O. The largest absolute Gasteiger partial charge is 0.480 e. The molecule has 5 nitrogen and oxygen atoms in total. The molecule has 0 aromatic carbocycles. The van der Waals surface area contributed by atoms with Crippen LogP contribution in [0, 0.1) is 4.91 Å². The number of hydrogen-bond acceptors (Lipinski definition) is 4. The Morgan fingerprint density at radius 3 is 2.60 bits per heavy atom. The zero-order valence-corrected chi connectivity index (χ0v) is 5.49. The van der Waals surface area contributed by atoms with Crippen LogP contribution in [-0.2, 0) is 4.79 Å². The van der Waals surface area contributed by atoms with Crippen LogP contribution >= 0.6 is 0 Å². The number of aliphatic carboxylic acids is 1. The average Bonchev–Trinajstić information content (AvgIpc) is 1.89. The smallest absolute Gasteiger partial charge is 0.332 e. The highest BCUT2D eigenvalue weighted by Gasteiger charge is 2.15. The molecule has 0 amide bonds. The summed E-state index contributed by atoms with van der Waals surface area (Å²) in [5.41, 5.74) is 5.10. The molecule has 58 valence electrons. The van der Waals surface area contributed by atoms with Gasteiger partial charge in [0.2, 0.25) is 0 Å². The van der Waals surface area contributed by atoms with Crippen molar-refractivity contribution in [2.24, 2.45) is 10.9 Å². The molecule has 0 radical (unpaired) electrons. The highest BCUT2D eigenvalue weighted by molar-refractivity contribution is 5.73. The van der Waals surface area contributed by atoms with Gasteiger partial charge in [-0.05, 0) is 19.4 Å². The molecule has 0 saturated heterocycles. The fourth-order valence-electron chi connectivity index (χ4n) is 0.532. The topological polar surface area (TPSA) is 92.8 Å². The summed E-state index contributed by atoms with van der Waals surface area (Å²) in [5.74, 6) is -1.18. The maximum atomic E-state index is 10.1. The van der Waals surface area contributed by atoms with Gasteiger partial charge in [0.25, 0.3) is 0 Å². The van der Waals surface area contributed by atoms with Crippen molar-refractivity contribution < 1.29 is 9.90 Å². The van der Waals surface area contributed by atoms with Gasteiger partial charge in [-0.2, -0.15) is 0 Å². The molecule has 0 spiro atoms. The molecule has 5 heteroatoms. The second kappa shape index (κ2) is 4.87. The zero-order chi connectivity index (χ0) is 7.98. The zero-order valence-electron chi connectivity index (χ0n) is 5.49. The number of carboxylic acid groups (broad SMARTS) is 1. The first kappa shape index (κ1) is 9.03. The molecule has 1 atom stereocenters. The molecule has 0 bridgehead atoms. The number of rotatable bonds is 5. The molecular formula is C5H10N2O3. The third-order valence-electron chi connectivity index (χ3n) is 1.09. The summed E-state index contributed by atoms with van der Waals surface area (Å²) in [5, 5.41) is 10.7. The Labute approximate surface area is 58.2 Å². The van der Waals surface area contributed by atoms with E-state index < -0.39 is 12.0 Å². The maximum absolute atomic E-state index is 10.1. The lowest BCUT2D eigenvalue weighted by molar-refractivity contribution is -0.138. The van der Waals surface area contributed by atoms with Gasteiger partial charge in [0.05, 0.1) is 0 Å². The summed E-state index contributed by atoms with van der Waals surface area (Å²) < 4.78 is 0. The summed E-state index contributed by atoms with van der Waals surface area (Å²) in [4.78, 5) is 19.9. The first-order valence-corrected chi connectivity index (χ1v) is 2.97. The molecular weight excluding hydrogens is 136 g/mol. The second-order valence-corrected chi connectivity index (χ2v) is 1.89. The highest BCUT2D eigenvalue weighted by atomic mass is 16.4. The predicted molar refractivity (Wildman–Crippen MR) is 35.5 cm³/mol. The first-order chi connectivity index (χ1) is 4.72. The highest BCUT2D eigenvalue weighted by Crippen LogP contribution is 1.99. The Bertz CT molecular complexity index is 126. The summed E-state index contributed by atoms with van der Waals surface area (Å²) in [6, 6.07) is -1.12. The number of hydrogen-bond donors (Lipinski definition) is 2. The van der Waals surface area contributed by atoms with E-state index >= 15 is 0 Å². The first-order valence-electron chi connectivity index (χ1n) is 2.97. The lowest BCUT2D eigenvalue weighted by Gasteiger charge is -1.99. The van der Waals surface area contributed by atoms with Crippen molar-refractivity contribution in [2.45, 2.75) is 18.9 Å². The van der Waals surface area contributed by atoms with E-state index in [1.807, 2.05) is 0 Å². The Kier molecular flexibility index (Phi) is 4.39. The molecule has 3 N–H and O–H groups in total. The second-order valence-electron chi connectivity index (χ2n) is 1.89. The van der Waals surface area contributed by atoms with Crippen molar-refractivity contribution in [1.29, 1.82) is 0 Å². The number of carbonyl (C=O) groups is 1. The monoisotopic (exact) mass is 146 g/mol. The van der Waals surface area contributed by atoms with Crippen molar-refractivity contribution in [2.75, 3.05) is 6.54 Å². The van der Waals surface area contributed by atoms with E-state index in [1.54, 1.807) is 0 Å². The maximum Gasteiger partial charge on any atom is 0.332 e. The van der Waals surface area contributed by atoms with Gasteiger partial charge < -0.3 is 10.8 Å². The molecule has 0 rings (SSSR count). The minimum Gasteiger partial charge on any atom is -0.480 e. The molecule has 10 heavy (non-hydrogen) atoms. The third kappa shape index (κ3) is 3.13. The van der Waals surface area contributed by atoms with Gasteiger partial charge in [0, 0.05) is 0 Å². The number of nitroso groups, excluding NO2 is 1. The van der Waals surface area contributed by atoms with Crippen LogP contribution in [0.25, 0.3) is 0 Å². The number of nitrogens with two attached hydrogens (primary N) is 1. The number of nitrogens with zero attached hydrogens (tertiary/aromatic N) is 1. The third-order valence-corrected chi connectivity index (χ3v) is 1.09. The lowest BCUT2D eigenvalue weighted by Crippen LogP contribution is -2.18. The normalized spacial score (nSPS) is 12.5.